The fourth-order valence-electron chi connectivity index (χ4n) is 5.51. The van der Waals surface area contributed by atoms with Crippen LogP contribution in [0.25, 0.3) is 4.85 Å². The van der Waals surface area contributed by atoms with Crippen LogP contribution >= 0.6 is 0 Å². The minimum Gasteiger partial charge on any atom is -0.378 e. The van der Waals surface area contributed by atoms with Crippen molar-refractivity contribution in [2.75, 3.05) is 36.5 Å². The van der Waals surface area contributed by atoms with E-state index in [0.717, 1.165) is 32.1 Å². The van der Waals surface area contributed by atoms with E-state index in [1.807, 2.05) is 4.90 Å². The molecule has 2 aromatic rings. The smallest absolute Gasteiger partial charge is 0.378 e. The molecule has 2 heterocycles. The van der Waals surface area contributed by atoms with Gasteiger partial charge in [-0.15, -0.1) is 0 Å². The lowest BCUT2D eigenvalue weighted by Crippen LogP contribution is -2.39. The minimum absolute atomic E-state index is 0.0244. The fraction of sp³-hybridized carbons (Fsp3) is 0.556. The Kier molecular flexibility index (Phi) is 6.80. The molecular formula is C27H33FN5O3+. The Bertz CT molecular complexity index is 1200. The first kappa shape index (κ1) is 24.4. The molecule has 1 N–H and O–H groups in total. The van der Waals surface area contributed by atoms with Gasteiger partial charge >= 0.3 is 12.0 Å². The highest BCUT2D eigenvalue weighted by atomic mass is 19.1. The van der Waals surface area contributed by atoms with Gasteiger partial charge in [-0.25, -0.2) is 4.39 Å². The second-order valence-corrected chi connectivity index (χ2v) is 10.5. The van der Waals surface area contributed by atoms with Gasteiger partial charge in [-0.1, -0.05) is 26.2 Å². The lowest BCUT2D eigenvalue weighted by atomic mass is 9.64. The third-order valence-electron chi connectivity index (χ3n) is 8.05. The maximum atomic E-state index is 15.0. The average molecular weight is 495 g/mol. The number of halogens is 1. The molecule has 190 valence electrons. The van der Waals surface area contributed by atoms with Crippen LogP contribution in [0.1, 0.15) is 49.5 Å². The number of amides is 2. The predicted octanol–water partition coefficient (Wildman–Crippen LogP) is 4.34. The molecule has 0 bridgehead atoms. The zero-order chi connectivity index (χ0) is 25.3. The second kappa shape index (κ2) is 10.0. The number of ether oxygens (including phenoxy) is 1. The molecule has 2 amide bonds. The number of nitrogens with one attached hydrogen (secondary N) is 1. The van der Waals surface area contributed by atoms with E-state index in [0.29, 0.717) is 49.3 Å². The SMILES string of the molecule is Cn1nccc1C(=O)[N+]#CC(C(=O)Nc1ccc(N2CCOCC2)c(F)c1)C(C1CCC1)C1(C)CC1. The summed E-state index contributed by atoms with van der Waals surface area (Å²) in [5.74, 6) is -1.46. The molecule has 36 heavy (non-hydrogen) atoms. The minimum atomic E-state index is -0.707. The van der Waals surface area contributed by atoms with E-state index >= 15 is 0 Å². The quantitative estimate of drug-likeness (QED) is 0.619. The van der Waals surface area contributed by atoms with Gasteiger partial charge in [0.15, 0.2) is 11.6 Å². The Morgan fingerprint density at radius 1 is 1.25 bits per heavy atom. The van der Waals surface area contributed by atoms with Crippen molar-refractivity contribution in [3.8, 4) is 6.07 Å². The van der Waals surface area contributed by atoms with Crippen molar-refractivity contribution in [2.24, 2.45) is 30.2 Å². The molecule has 2 saturated carbocycles. The second-order valence-electron chi connectivity index (χ2n) is 10.5. The molecule has 0 spiro atoms. The molecule has 0 radical (unpaired) electrons. The highest BCUT2D eigenvalue weighted by Gasteiger charge is 2.55. The number of carbonyl (C=O) groups is 2. The van der Waals surface area contributed by atoms with E-state index in [1.165, 1.54) is 16.9 Å². The first-order valence-electron chi connectivity index (χ1n) is 12.8. The summed E-state index contributed by atoms with van der Waals surface area (Å²) in [6, 6.07) is 9.30. The number of rotatable bonds is 7. The number of aryl methyl sites for hydroxylation is 1. The van der Waals surface area contributed by atoms with E-state index in [1.54, 1.807) is 25.2 Å². The van der Waals surface area contributed by atoms with Crippen LogP contribution < -0.4 is 10.2 Å². The summed E-state index contributed by atoms with van der Waals surface area (Å²) in [4.78, 5) is 32.4. The number of benzene rings is 1. The van der Waals surface area contributed by atoms with Crippen LogP contribution in [0.5, 0.6) is 0 Å². The molecule has 1 saturated heterocycles. The van der Waals surface area contributed by atoms with E-state index < -0.39 is 11.8 Å². The van der Waals surface area contributed by atoms with Gasteiger partial charge in [-0.2, -0.15) is 9.89 Å². The molecule has 1 aromatic carbocycles. The molecule has 1 aliphatic heterocycles. The van der Waals surface area contributed by atoms with Crippen LogP contribution in [0.4, 0.5) is 15.8 Å². The summed E-state index contributed by atoms with van der Waals surface area (Å²) < 4.78 is 21.8. The number of carbonyl (C=O) groups excluding carboxylic acids is 2. The summed E-state index contributed by atoms with van der Waals surface area (Å²) in [7, 11) is 1.67. The first-order chi connectivity index (χ1) is 17.4. The number of anilines is 2. The molecule has 9 heteroatoms. The van der Waals surface area contributed by atoms with Crippen molar-refractivity contribution in [1.29, 1.82) is 0 Å². The lowest BCUT2D eigenvalue weighted by Gasteiger charge is -2.39. The topological polar surface area (TPSA) is 80.8 Å². The molecule has 5 rings (SSSR count). The summed E-state index contributed by atoms with van der Waals surface area (Å²) in [6.07, 6.45) is 6.88. The summed E-state index contributed by atoms with van der Waals surface area (Å²) in [5.41, 5.74) is 1.24. The van der Waals surface area contributed by atoms with Gasteiger partial charge in [0.25, 0.3) is 0 Å². The van der Waals surface area contributed by atoms with Crippen molar-refractivity contribution in [3.05, 3.63) is 46.8 Å². The van der Waals surface area contributed by atoms with E-state index in [2.05, 4.69) is 28.3 Å². The van der Waals surface area contributed by atoms with Gasteiger partial charge in [0, 0.05) is 36.9 Å². The monoisotopic (exact) mass is 494 g/mol. The third kappa shape index (κ3) is 5.00. The Morgan fingerprint density at radius 2 is 2.00 bits per heavy atom. The molecule has 1 aromatic heterocycles. The number of hydrogen-bond donors (Lipinski definition) is 1. The van der Waals surface area contributed by atoms with Gasteiger partial charge < -0.3 is 15.0 Å². The fourth-order valence-corrected chi connectivity index (χ4v) is 5.51. The van der Waals surface area contributed by atoms with Crippen LogP contribution in [-0.2, 0) is 16.6 Å². The van der Waals surface area contributed by atoms with Crippen LogP contribution in [0.15, 0.2) is 30.5 Å². The Morgan fingerprint density at radius 3 is 2.58 bits per heavy atom. The van der Waals surface area contributed by atoms with E-state index in [-0.39, 0.29) is 23.1 Å². The maximum absolute atomic E-state index is 15.0. The summed E-state index contributed by atoms with van der Waals surface area (Å²) in [6.45, 7) is 4.59. The number of nitrogens with zero attached hydrogens (tertiary/aromatic N) is 4. The molecule has 2 aliphatic carbocycles. The predicted molar refractivity (Wildman–Crippen MR) is 135 cm³/mol. The highest BCUT2D eigenvalue weighted by molar-refractivity contribution is 6.02. The van der Waals surface area contributed by atoms with Crippen LogP contribution in [-0.4, -0.2) is 47.9 Å². The number of hydrogen-bond acceptors (Lipinski definition) is 5. The van der Waals surface area contributed by atoms with Crippen molar-refractivity contribution < 1.29 is 18.7 Å². The number of aromatic nitrogens is 2. The molecule has 3 aliphatic rings. The van der Waals surface area contributed by atoms with Crippen molar-refractivity contribution in [2.45, 2.75) is 39.0 Å². The van der Waals surface area contributed by atoms with Gasteiger partial charge in [-0.05, 0) is 54.4 Å². The Labute approximate surface area is 210 Å². The van der Waals surface area contributed by atoms with Gasteiger partial charge in [0.2, 0.25) is 5.91 Å². The van der Waals surface area contributed by atoms with Crippen molar-refractivity contribution in [1.82, 2.24) is 9.78 Å². The number of morpholine rings is 1. The highest BCUT2D eigenvalue weighted by Crippen LogP contribution is 2.59. The third-order valence-corrected chi connectivity index (χ3v) is 8.05. The summed E-state index contributed by atoms with van der Waals surface area (Å²) >= 11 is 0. The standard InChI is InChI=1S/C27H32FN5O3/c1-27(9-10-27)24(18-4-3-5-18)20(17-29-26(35)23-8-11-30-32(23)2)25(34)31-19-6-7-22(21(28)16-19)33-12-14-36-15-13-33/h6-8,11,16,18,20,24H,3-5,9-10,12-15H2,1-2H3/p+1. The van der Waals surface area contributed by atoms with Gasteiger partial charge in [0.1, 0.15) is 5.82 Å². The Hall–Kier alpha value is -3.25. The zero-order valence-corrected chi connectivity index (χ0v) is 20.9. The Balaban J connectivity index is 1.39. The maximum Gasteiger partial charge on any atom is 0.565 e. The van der Waals surface area contributed by atoms with E-state index in [4.69, 9.17) is 4.74 Å². The van der Waals surface area contributed by atoms with Crippen LogP contribution in [0.2, 0.25) is 0 Å². The van der Waals surface area contributed by atoms with Gasteiger partial charge in [0.05, 0.1) is 18.9 Å². The molecule has 2 atom stereocenters. The average Bonchev–Trinajstić information content (AvgIpc) is 3.43. The first-order valence-corrected chi connectivity index (χ1v) is 12.8. The molecule has 3 fully saturated rings. The van der Waals surface area contributed by atoms with E-state index in [9.17, 15) is 14.0 Å². The largest absolute Gasteiger partial charge is 0.565 e. The lowest BCUT2D eigenvalue weighted by molar-refractivity contribution is -0.121. The molecular weight excluding hydrogens is 461 g/mol. The van der Waals surface area contributed by atoms with Crippen LogP contribution in [0, 0.1) is 35.1 Å². The molecule has 8 nitrogen and oxygen atoms in total. The van der Waals surface area contributed by atoms with Crippen LogP contribution in [0.3, 0.4) is 0 Å². The van der Waals surface area contributed by atoms with Gasteiger partial charge in [-0.3, -0.25) is 9.48 Å². The zero-order valence-electron chi connectivity index (χ0n) is 20.9. The normalized spacial score (nSPS) is 20.5. The summed E-state index contributed by atoms with van der Waals surface area (Å²) in [5, 5.41) is 6.92. The van der Waals surface area contributed by atoms with Crippen molar-refractivity contribution >= 4 is 23.2 Å². The van der Waals surface area contributed by atoms with Crippen molar-refractivity contribution in [3.63, 3.8) is 0 Å². The molecule has 2 unspecified atom stereocenters.